The predicted molar refractivity (Wildman–Crippen MR) is 110 cm³/mol. The van der Waals surface area contributed by atoms with Gasteiger partial charge in [0.25, 0.3) is 5.91 Å². The molecule has 0 unspecified atom stereocenters. The second kappa shape index (κ2) is 8.91. The highest BCUT2D eigenvalue weighted by molar-refractivity contribution is 6.33. The first-order valence-electron chi connectivity index (χ1n) is 9.27. The Morgan fingerprint density at radius 2 is 1.74 bits per heavy atom. The lowest BCUT2D eigenvalue weighted by atomic mass is 10.2. The molecule has 0 bridgehead atoms. The van der Waals surface area contributed by atoms with Gasteiger partial charge in [-0.15, -0.1) is 0 Å². The fourth-order valence-electron chi connectivity index (χ4n) is 3.20. The molecule has 27 heavy (non-hydrogen) atoms. The molecule has 6 heteroatoms. The minimum absolute atomic E-state index is 0.164. The maximum Gasteiger partial charge on any atom is 0.255 e. The van der Waals surface area contributed by atoms with E-state index in [0.717, 1.165) is 25.2 Å². The first-order chi connectivity index (χ1) is 13.1. The van der Waals surface area contributed by atoms with Crippen LogP contribution in [0.3, 0.4) is 0 Å². The number of halogens is 1. The van der Waals surface area contributed by atoms with Gasteiger partial charge in [0.1, 0.15) is 0 Å². The molecule has 2 amide bonds. The first kappa shape index (κ1) is 19.2. The van der Waals surface area contributed by atoms with E-state index < -0.39 is 0 Å². The van der Waals surface area contributed by atoms with Gasteiger partial charge in [-0.2, -0.15) is 0 Å². The van der Waals surface area contributed by atoms with Crippen molar-refractivity contribution in [3.05, 3.63) is 59.1 Å². The molecule has 2 aromatic carbocycles. The Labute approximate surface area is 164 Å². The molecule has 0 aliphatic carbocycles. The lowest BCUT2D eigenvalue weighted by Crippen LogP contribution is -2.48. The third-order valence-corrected chi connectivity index (χ3v) is 4.98. The molecule has 1 N–H and O–H groups in total. The average Bonchev–Trinajstić information content (AvgIpc) is 2.69. The summed E-state index contributed by atoms with van der Waals surface area (Å²) in [4.78, 5) is 28.4. The number of carbonyl (C=O) groups is 2. The summed E-state index contributed by atoms with van der Waals surface area (Å²) in [5.74, 6) is 0.0599. The molecule has 1 saturated heterocycles. The van der Waals surface area contributed by atoms with Gasteiger partial charge >= 0.3 is 0 Å². The average molecular weight is 386 g/mol. The number of hydrogen-bond acceptors (Lipinski definition) is 3. The number of benzene rings is 2. The number of carbonyl (C=O) groups excluding carboxylic acids is 2. The van der Waals surface area contributed by atoms with Crippen molar-refractivity contribution in [2.24, 2.45) is 0 Å². The number of hydrogen-bond donors (Lipinski definition) is 1. The van der Waals surface area contributed by atoms with Gasteiger partial charge in [-0.1, -0.05) is 36.7 Å². The van der Waals surface area contributed by atoms with E-state index in [-0.39, 0.29) is 11.8 Å². The van der Waals surface area contributed by atoms with Crippen LogP contribution in [0.1, 0.15) is 30.1 Å². The molecular weight excluding hydrogens is 362 g/mol. The summed E-state index contributed by atoms with van der Waals surface area (Å²) in [6.07, 6.45) is 1.48. The van der Waals surface area contributed by atoms with Gasteiger partial charge in [0.15, 0.2) is 0 Å². The van der Waals surface area contributed by atoms with Gasteiger partial charge in [-0.05, 0) is 36.8 Å². The molecule has 0 saturated carbocycles. The van der Waals surface area contributed by atoms with Gasteiger partial charge in [-0.3, -0.25) is 9.59 Å². The maximum atomic E-state index is 12.3. The Kier molecular flexibility index (Phi) is 6.35. The van der Waals surface area contributed by atoms with Gasteiger partial charge in [0.05, 0.1) is 10.7 Å². The summed E-state index contributed by atoms with van der Waals surface area (Å²) < 4.78 is 0. The number of anilines is 2. The Hall–Kier alpha value is -2.53. The van der Waals surface area contributed by atoms with E-state index in [1.807, 2.05) is 42.2 Å². The molecule has 1 aliphatic heterocycles. The number of nitrogens with one attached hydrogen (secondary N) is 1. The van der Waals surface area contributed by atoms with Crippen LogP contribution in [0.25, 0.3) is 0 Å². The molecule has 1 heterocycles. The van der Waals surface area contributed by atoms with Crippen LogP contribution < -0.4 is 10.2 Å². The summed E-state index contributed by atoms with van der Waals surface area (Å²) in [6.45, 7) is 4.95. The van der Waals surface area contributed by atoms with E-state index in [4.69, 9.17) is 11.6 Å². The van der Waals surface area contributed by atoms with Crippen LogP contribution in [-0.4, -0.2) is 42.9 Å². The minimum Gasteiger partial charge on any atom is -0.367 e. The lowest BCUT2D eigenvalue weighted by molar-refractivity contribution is -0.131. The predicted octanol–water partition coefficient (Wildman–Crippen LogP) is 4.04. The van der Waals surface area contributed by atoms with Crippen molar-refractivity contribution >= 4 is 34.8 Å². The van der Waals surface area contributed by atoms with Gasteiger partial charge in [0, 0.05) is 43.9 Å². The zero-order chi connectivity index (χ0) is 19.2. The van der Waals surface area contributed by atoms with Crippen LogP contribution in [0.2, 0.25) is 5.02 Å². The largest absolute Gasteiger partial charge is 0.367 e. The summed E-state index contributed by atoms with van der Waals surface area (Å²) in [5, 5.41) is 3.46. The number of nitrogens with zero attached hydrogens (tertiary/aromatic N) is 2. The fraction of sp³-hybridized carbons (Fsp3) is 0.333. The number of amides is 2. The van der Waals surface area contributed by atoms with Crippen molar-refractivity contribution < 1.29 is 9.59 Å². The molecule has 5 nitrogen and oxygen atoms in total. The van der Waals surface area contributed by atoms with Crippen LogP contribution in [0.15, 0.2) is 48.5 Å². The quantitative estimate of drug-likeness (QED) is 0.845. The van der Waals surface area contributed by atoms with Gasteiger partial charge in [0.2, 0.25) is 5.91 Å². The first-order valence-corrected chi connectivity index (χ1v) is 9.65. The maximum absolute atomic E-state index is 12.3. The van der Waals surface area contributed by atoms with Crippen molar-refractivity contribution in [3.8, 4) is 0 Å². The van der Waals surface area contributed by atoms with Crippen LogP contribution in [0.5, 0.6) is 0 Å². The van der Waals surface area contributed by atoms with Gasteiger partial charge < -0.3 is 15.1 Å². The molecule has 1 aliphatic rings. The Morgan fingerprint density at radius 1 is 1.04 bits per heavy atom. The Balaban J connectivity index is 1.62. The fourth-order valence-corrected chi connectivity index (χ4v) is 3.50. The molecule has 3 rings (SSSR count). The van der Waals surface area contributed by atoms with Gasteiger partial charge in [-0.25, -0.2) is 0 Å². The third-order valence-electron chi connectivity index (χ3n) is 4.68. The molecule has 0 spiro atoms. The highest BCUT2D eigenvalue weighted by Crippen LogP contribution is 2.30. The van der Waals surface area contributed by atoms with Crippen LogP contribution in [0.4, 0.5) is 11.4 Å². The van der Waals surface area contributed by atoms with E-state index in [0.29, 0.717) is 35.8 Å². The van der Waals surface area contributed by atoms with Crippen LogP contribution >= 0.6 is 11.6 Å². The highest BCUT2D eigenvalue weighted by atomic mass is 35.5. The standard InChI is InChI=1S/C21H24ClN3O2/c1-2-6-20(26)25-13-11-24(12-14-25)19-10-9-17(15-18(19)22)23-21(27)16-7-4-3-5-8-16/h3-5,7-10,15H,2,6,11-14H2,1H3,(H,23,27). The van der Waals surface area contributed by atoms with Crippen LogP contribution in [-0.2, 0) is 4.79 Å². The molecule has 0 radical (unpaired) electrons. The minimum atomic E-state index is -0.164. The van der Waals surface area contributed by atoms with Crippen molar-refractivity contribution in [1.29, 1.82) is 0 Å². The second-order valence-electron chi connectivity index (χ2n) is 6.60. The second-order valence-corrected chi connectivity index (χ2v) is 7.01. The number of piperazine rings is 1. The molecule has 2 aromatic rings. The van der Waals surface area contributed by atoms with E-state index in [9.17, 15) is 9.59 Å². The molecule has 0 aromatic heterocycles. The SMILES string of the molecule is CCCC(=O)N1CCN(c2ccc(NC(=O)c3ccccc3)cc2Cl)CC1. The molecule has 0 atom stereocenters. The molecule has 1 fully saturated rings. The highest BCUT2D eigenvalue weighted by Gasteiger charge is 2.22. The Bertz CT molecular complexity index is 802. The summed E-state index contributed by atoms with van der Waals surface area (Å²) in [6, 6.07) is 14.6. The topological polar surface area (TPSA) is 52.7 Å². The molecule has 142 valence electrons. The van der Waals surface area contributed by atoms with Crippen molar-refractivity contribution in [1.82, 2.24) is 4.90 Å². The van der Waals surface area contributed by atoms with E-state index >= 15 is 0 Å². The summed E-state index contributed by atoms with van der Waals surface area (Å²) in [5.41, 5.74) is 2.19. The molecular formula is C21H24ClN3O2. The Morgan fingerprint density at radius 3 is 2.37 bits per heavy atom. The third kappa shape index (κ3) is 4.80. The normalized spacial score (nSPS) is 14.1. The zero-order valence-corrected chi connectivity index (χ0v) is 16.2. The summed E-state index contributed by atoms with van der Waals surface area (Å²) in [7, 11) is 0. The van der Waals surface area contributed by atoms with E-state index in [1.165, 1.54) is 0 Å². The van der Waals surface area contributed by atoms with Crippen molar-refractivity contribution in [2.75, 3.05) is 36.4 Å². The number of rotatable bonds is 5. The van der Waals surface area contributed by atoms with Crippen molar-refractivity contribution in [2.45, 2.75) is 19.8 Å². The zero-order valence-electron chi connectivity index (χ0n) is 15.5. The monoisotopic (exact) mass is 385 g/mol. The van der Waals surface area contributed by atoms with Crippen LogP contribution in [0, 0.1) is 0 Å². The lowest BCUT2D eigenvalue weighted by Gasteiger charge is -2.36. The van der Waals surface area contributed by atoms with E-state index in [2.05, 4.69) is 10.2 Å². The van der Waals surface area contributed by atoms with Crippen molar-refractivity contribution in [3.63, 3.8) is 0 Å². The van der Waals surface area contributed by atoms with E-state index in [1.54, 1.807) is 18.2 Å². The summed E-state index contributed by atoms with van der Waals surface area (Å²) >= 11 is 6.47. The smallest absolute Gasteiger partial charge is 0.255 e.